The van der Waals surface area contributed by atoms with Gasteiger partial charge in [0.25, 0.3) is 5.22 Å². The predicted molar refractivity (Wildman–Crippen MR) is 109 cm³/mol. The third-order valence-corrected chi connectivity index (χ3v) is 5.35. The maximum atomic E-state index is 13.0. The van der Waals surface area contributed by atoms with Crippen molar-refractivity contribution >= 4 is 17.7 Å². The molecule has 9 heteroatoms. The highest BCUT2D eigenvalue weighted by atomic mass is 32.2. The minimum Gasteiger partial charge on any atom is -0.486 e. The van der Waals surface area contributed by atoms with Crippen molar-refractivity contribution in [3.63, 3.8) is 0 Å². The Morgan fingerprint density at radius 3 is 2.70 bits per heavy atom. The number of para-hydroxylation sites is 2. The molecule has 1 amide bonds. The van der Waals surface area contributed by atoms with Crippen LogP contribution in [-0.4, -0.2) is 52.6 Å². The quantitative estimate of drug-likeness (QED) is 0.531. The van der Waals surface area contributed by atoms with Crippen LogP contribution in [0.1, 0.15) is 6.92 Å². The molecule has 1 aliphatic heterocycles. The molecule has 0 saturated carbocycles. The van der Waals surface area contributed by atoms with Crippen LogP contribution in [-0.2, 0) is 4.79 Å². The lowest BCUT2D eigenvalue weighted by atomic mass is 10.2. The van der Waals surface area contributed by atoms with Gasteiger partial charge in [-0.15, -0.1) is 10.2 Å². The molecule has 1 atom stereocenters. The fourth-order valence-electron chi connectivity index (χ4n) is 3.00. The summed E-state index contributed by atoms with van der Waals surface area (Å²) in [6, 6.07) is 13.3. The molecule has 30 heavy (non-hydrogen) atoms. The highest BCUT2D eigenvalue weighted by Crippen LogP contribution is 2.31. The zero-order valence-corrected chi connectivity index (χ0v) is 17.1. The van der Waals surface area contributed by atoms with Crippen LogP contribution in [0.3, 0.4) is 0 Å². The molecular weight excluding hydrogens is 409 g/mol. The second-order valence-electron chi connectivity index (χ2n) is 6.60. The number of rotatable bonds is 7. The Kier molecular flexibility index (Phi) is 6.18. The van der Waals surface area contributed by atoms with E-state index in [0.717, 1.165) is 11.8 Å². The van der Waals surface area contributed by atoms with Crippen molar-refractivity contribution in [2.75, 3.05) is 25.4 Å². The summed E-state index contributed by atoms with van der Waals surface area (Å²) in [5, 5.41) is 8.18. The lowest BCUT2D eigenvalue weighted by molar-refractivity contribution is -0.129. The van der Waals surface area contributed by atoms with E-state index >= 15 is 0 Å². The van der Waals surface area contributed by atoms with Crippen molar-refractivity contribution in [2.45, 2.75) is 18.3 Å². The largest absolute Gasteiger partial charge is 0.486 e. The molecule has 0 saturated heterocycles. The zero-order chi connectivity index (χ0) is 20.9. The smallest absolute Gasteiger partial charge is 0.277 e. The first kappa shape index (κ1) is 20.2. The Morgan fingerprint density at radius 2 is 1.93 bits per heavy atom. The Balaban J connectivity index is 1.31. The van der Waals surface area contributed by atoms with Crippen LogP contribution in [0.5, 0.6) is 11.5 Å². The second kappa shape index (κ2) is 9.17. The Hall–Kier alpha value is -3.07. The lowest BCUT2D eigenvalue weighted by Gasteiger charge is -2.30. The normalized spacial score (nSPS) is 15.1. The van der Waals surface area contributed by atoms with Gasteiger partial charge in [-0.1, -0.05) is 23.9 Å². The third-order valence-electron chi connectivity index (χ3n) is 4.54. The predicted octanol–water partition coefficient (Wildman–Crippen LogP) is 3.66. The van der Waals surface area contributed by atoms with Gasteiger partial charge in [0.05, 0.1) is 12.3 Å². The standard InChI is InChI=1S/C21H20FN3O4S/c1-2-25(11-16-12-27-17-5-3-4-6-18(17)28-16)19(26)13-30-21-24-23-20(29-21)14-7-9-15(22)10-8-14/h3-10,16H,2,11-13H2,1H3. The maximum Gasteiger partial charge on any atom is 0.277 e. The molecule has 2 aromatic carbocycles. The van der Waals surface area contributed by atoms with Gasteiger partial charge in [0.15, 0.2) is 17.6 Å². The van der Waals surface area contributed by atoms with Gasteiger partial charge < -0.3 is 18.8 Å². The number of hydrogen-bond acceptors (Lipinski definition) is 7. The Labute approximate surface area is 177 Å². The van der Waals surface area contributed by atoms with Crippen molar-refractivity contribution in [3.8, 4) is 23.0 Å². The molecule has 1 aliphatic rings. The molecule has 2 heterocycles. The number of carbonyl (C=O) groups is 1. The minimum atomic E-state index is -0.339. The number of hydrogen-bond donors (Lipinski definition) is 0. The SMILES string of the molecule is CCN(CC1COc2ccccc2O1)C(=O)CSc1nnc(-c2ccc(F)cc2)o1. The summed E-state index contributed by atoms with van der Waals surface area (Å²) in [6.45, 7) is 3.28. The van der Waals surface area contributed by atoms with Crippen LogP contribution in [0, 0.1) is 5.82 Å². The molecule has 1 aromatic heterocycles. The number of aromatic nitrogens is 2. The van der Waals surface area contributed by atoms with E-state index in [1.807, 2.05) is 31.2 Å². The van der Waals surface area contributed by atoms with Crippen molar-refractivity contribution in [2.24, 2.45) is 0 Å². The number of carbonyl (C=O) groups excluding carboxylic acids is 1. The molecular formula is C21H20FN3O4S. The van der Waals surface area contributed by atoms with E-state index in [2.05, 4.69) is 10.2 Å². The van der Waals surface area contributed by atoms with E-state index in [4.69, 9.17) is 13.9 Å². The summed E-state index contributed by atoms with van der Waals surface area (Å²) in [6.07, 6.45) is -0.234. The number of benzene rings is 2. The topological polar surface area (TPSA) is 77.7 Å². The van der Waals surface area contributed by atoms with E-state index in [1.165, 1.54) is 12.1 Å². The second-order valence-corrected chi connectivity index (χ2v) is 7.53. The van der Waals surface area contributed by atoms with E-state index < -0.39 is 0 Å². The molecule has 4 rings (SSSR count). The molecule has 0 N–H and O–H groups in total. The van der Waals surface area contributed by atoms with Gasteiger partial charge in [-0.2, -0.15) is 0 Å². The summed E-state index contributed by atoms with van der Waals surface area (Å²) in [5.74, 6) is 1.44. The van der Waals surface area contributed by atoms with E-state index in [1.54, 1.807) is 17.0 Å². The lowest BCUT2D eigenvalue weighted by Crippen LogP contribution is -2.44. The fraction of sp³-hybridized carbons (Fsp3) is 0.286. The molecule has 1 unspecified atom stereocenters. The Bertz CT molecular complexity index is 1010. The number of thioether (sulfide) groups is 1. The van der Waals surface area contributed by atoms with Crippen molar-refractivity contribution in [3.05, 3.63) is 54.3 Å². The van der Waals surface area contributed by atoms with Crippen LogP contribution in [0.15, 0.2) is 58.2 Å². The van der Waals surface area contributed by atoms with Crippen LogP contribution in [0.2, 0.25) is 0 Å². The average molecular weight is 429 g/mol. The monoisotopic (exact) mass is 429 g/mol. The molecule has 0 radical (unpaired) electrons. The van der Waals surface area contributed by atoms with Crippen LogP contribution >= 0.6 is 11.8 Å². The van der Waals surface area contributed by atoms with Crippen molar-refractivity contribution in [1.82, 2.24) is 15.1 Å². The van der Waals surface area contributed by atoms with Crippen molar-refractivity contribution in [1.29, 1.82) is 0 Å². The number of halogens is 1. The molecule has 0 spiro atoms. The summed E-state index contributed by atoms with van der Waals surface area (Å²) >= 11 is 1.16. The highest BCUT2D eigenvalue weighted by Gasteiger charge is 2.25. The summed E-state index contributed by atoms with van der Waals surface area (Å²) in [7, 11) is 0. The number of ether oxygens (including phenoxy) is 2. The van der Waals surface area contributed by atoms with Gasteiger partial charge in [-0.25, -0.2) is 4.39 Å². The van der Waals surface area contributed by atoms with Gasteiger partial charge in [0, 0.05) is 12.1 Å². The molecule has 3 aromatic rings. The van der Waals surface area contributed by atoms with Crippen LogP contribution in [0.4, 0.5) is 4.39 Å². The van der Waals surface area contributed by atoms with Gasteiger partial charge >= 0.3 is 0 Å². The Morgan fingerprint density at radius 1 is 1.17 bits per heavy atom. The summed E-state index contributed by atoms with van der Waals surface area (Å²) in [4.78, 5) is 14.4. The highest BCUT2D eigenvalue weighted by molar-refractivity contribution is 7.99. The first-order valence-corrected chi connectivity index (χ1v) is 10.5. The molecule has 7 nitrogen and oxygen atoms in total. The van der Waals surface area contributed by atoms with Gasteiger partial charge in [0.1, 0.15) is 12.4 Å². The van der Waals surface area contributed by atoms with Crippen molar-refractivity contribution < 1.29 is 23.1 Å². The first-order valence-electron chi connectivity index (χ1n) is 9.51. The fourth-order valence-corrected chi connectivity index (χ4v) is 3.66. The average Bonchev–Trinajstić information content (AvgIpc) is 3.25. The number of fused-ring (bicyclic) bond motifs is 1. The van der Waals surface area contributed by atoms with E-state index in [0.29, 0.717) is 36.8 Å². The molecule has 0 bridgehead atoms. The van der Waals surface area contributed by atoms with Crippen LogP contribution < -0.4 is 9.47 Å². The zero-order valence-electron chi connectivity index (χ0n) is 16.3. The number of amides is 1. The number of nitrogens with zero attached hydrogens (tertiary/aromatic N) is 3. The summed E-state index contributed by atoms with van der Waals surface area (Å²) < 4.78 is 30.3. The number of likely N-dealkylation sites (N-methyl/N-ethyl adjacent to an activating group) is 1. The van der Waals surface area contributed by atoms with Gasteiger partial charge in [-0.3, -0.25) is 4.79 Å². The first-order chi connectivity index (χ1) is 14.6. The van der Waals surface area contributed by atoms with Crippen LogP contribution in [0.25, 0.3) is 11.5 Å². The molecule has 0 fully saturated rings. The minimum absolute atomic E-state index is 0.0634. The van der Waals surface area contributed by atoms with E-state index in [-0.39, 0.29) is 34.7 Å². The maximum absolute atomic E-state index is 13.0. The van der Waals surface area contributed by atoms with E-state index in [9.17, 15) is 9.18 Å². The third kappa shape index (κ3) is 4.73. The van der Waals surface area contributed by atoms with Gasteiger partial charge in [-0.05, 0) is 43.3 Å². The van der Waals surface area contributed by atoms with Gasteiger partial charge in [0.2, 0.25) is 11.8 Å². The summed E-state index contributed by atoms with van der Waals surface area (Å²) in [5.41, 5.74) is 0.618. The molecule has 156 valence electrons. The molecule has 0 aliphatic carbocycles.